The Labute approximate surface area is 118 Å². The molecule has 1 atom stereocenters. The van der Waals surface area contributed by atoms with Crippen LogP contribution in [0.15, 0.2) is 48.5 Å². The molecular weight excluding hydrogens is 255 g/mol. The first-order valence-electron chi connectivity index (χ1n) is 6.51. The van der Waals surface area contributed by atoms with Crippen LogP contribution in [0.4, 0.5) is 10.1 Å². The standard InChI is InChI=1S/C16H19FN2O/c1-19(10-12-5-7-14(17)8-6-12)11-16(20)13-3-2-4-15(18)9-13/h2-9,16,20H,10-11,18H2,1H3. The summed E-state index contributed by atoms with van der Waals surface area (Å²) >= 11 is 0. The van der Waals surface area contributed by atoms with Gasteiger partial charge in [0.25, 0.3) is 0 Å². The number of anilines is 1. The lowest BCUT2D eigenvalue weighted by Gasteiger charge is -2.21. The van der Waals surface area contributed by atoms with Gasteiger partial charge in [-0.25, -0.2) is 4.39 Å². The van der Waals surface area contributed by atoms with E-state index in [1.54, 1.807) is 24.3 Å². The SMILES string of the molecule is CN(Cc1ccc(F)cc1)CC(O)c1cccc(N)c1. The Balaban J connectivity index is 1.93. The van der Waals surface area contributed by atoms with Gasteiger partial charge in [-0.05, 0) is 42.4 Å². The number of nitrogens with two attached hydrogens (primary N) is 1. The molecule has 0 aromatic heterocycles. The van der Waals surface area contributed by atoms with Crippen LogP contribution in [-0.2, 0) is 6.54 Å². The first-order chi connectivity index (χ1) is 9.54. The van der Waals surface area contributed by atoms with Crippen molar-refractivity contribution in [2.75, 3.05) is 19.3 Å². The number of benzene rings is 2. The number of likely N-dealkylation sites (N-methyl/N-ethyl adjacent to an activating group) is 1. The van der Waals surface area contributed by atoms with Crippen LogP contribution in [0.1, 0.15) is 17.2 Å². The number of aliphatic hydroxyl groups is 1. The molecule has 3 N–H and O–H groups in total. The summed E-state index contributed by atoms with van der Waals surface area (Å²) in [6.45, 7) is 1.14. The van der Waals surface area contributed by atoms with Gasteiger partial charge < -0.3 is 10.8 Å². The van der Waals surface area contributed by atoms with Crippen LogP contribution in [0.5, 0.6) is 0 Å². The lowest BCUT2D eigenvalue weighted by atomic mass is 10.1. The van der Waals surface area contributed by atoms with E-state index in [9.17, 15) is 9.50 Å². The maximum Gasteiger partial charge on any atom is 0.123 e. The molecule has 2 aromatic rings. The summed E-state index contributed by atoms with van der Waals surface area (Å²) in [7, 11) is 1.92. The second-order valence-corrected chi connectivity index (χ2v) is 5.01. The van der Waals surface area contributed by atoms with Crippen molar-refractivity contribution in [3.8, 4) is 0 Å². The van der Waals surface area contributed by atoms with Gasteiger partial charge in [0.1, 0.15) is 5.82 Å². The van der Waals surface area contributed by atoms with Crippen molar-refractivity contribution in [3.63, 3.8) is 0 Å². The topological polar surface area (TPSA) is 49.5 Å². The van der Waals surface area contributed by atoms with Gasteiger partial charge in [0, 0.05) is 18.8 Å². The average molecular weight is 274 g/mol. The van der Waals surface area contributed by atoms with Crippen molar-refractivity contribution in [2.45, 2.75) is 12.6 Å². The van der Waals surface area contributed by atoms with Crippen molar-refractivity contribution in [1.82, 2.24) is 4.90 Å². The molecule has 2 aromatic carbocycles. The van der Waals surface area contributed by atoms with Crippen molar-refractivity contribution in [3.05, 3.63) is 65.5 Å². The van der Waals surface area contributed by atoms with Crippen LogP contribution in [0.2, 0.25) is 0 Å². The molecule has 4 heteroatoms. The Hall–Kier alpha value is -1.91. The highest BCUT2D eigenvalue weighted by Gasteiger charge is 2.11. The maximum absolute atomic E-state index is 12.8. The molecule has 0 spiro atoms. The zero-order chi connectivity index (χ0) is 14.5. The smallest absolute Gasteiger partial charge is 0.123 e. The van der Waals surface area contributed by atoms with Crippen LogP contribution >= 0.6 is 0 Å². The Kier molecular flexibility index (Phi) is 4.71. The monoisotopic (exact) mass is 274 g/mol. The van der Waals surface area contributed by atoms with Gasteiger partial charge in [-0.15, -0.1) is 0 Å². The zero-order valence-electron chi connectivity index (χ0n) is 11.5. The molecule has 0 saturated heterocycles. The van der Waals surface area contributed by atoms with Crippen LogP contribution in [-0.4, -0.2) is 23.6 Å². The molecule has 106 valence electrons. The summed E-state index contributed by atoms with van der Waals surface area (Å²) in [5.74, 6) is -0.240. The maximum atomic E-state index is 12.8. The second kappa shape index (κ2) is 6.50. The third-order valence-corrected chi connectivity index (χ3v) is 3.15. The van der Waals surface area contributed by atoms with Crippen LogP contribution in [0, 0.1) is 5.82 Å². The number of hydrogen-bond acceptors (Lipinski definition) is 3. The van der Waals surface area contributed by atoms with Crippen LogP contribution in [0.3, 0.4) is 0 Å². The highest BCUT2D eigenvalue weighted by atomic mass is 19.1. The lowest BCUT2D eigenvalue weighted by molar-refractivity contribution is 0.124. The summed E-state index contributed by atoms with van der Waals surface area (Å²) in [6.07, 6.45) is -0.594. The highest BCUT2D eigenvalue weighted by Crippen LogP contribution is 2.17. The fourth-order valence-electron chi connectivity index (χ4n) is 2.13. The van der Waals surface area contributed by atoms with E-state index in [-0.39, 0.29) is 5.82 Å². The van der Waals surface area contributed by atoms with E-state index in [0.29, 0.717) is 18.8 Å². The molecule has 0 fully saturated rings. The van der Waals surface area contributed by atoms with Gasteiger partial charge in [-0.3, -0.25) is 4.90 Å². The van der Waals surface area contributed by atoms with Crippen LogP contribution in [0.25, 0.3) is 0 Å². The van der Waals surface area contributed by atoms with Gasteiger partial charge >= 0.3 is 0 Å². The quantitative estimate of drug-likeness (QED) is 0.824. The Morgan fingerprint density at radius 2 is 1.90 bits per heavy atom. The Morgan fingerprint density at radius 3 is 2.55 bits per heavy atom. The summed E-state index contributed by atoms with van der Waals surface area (Å²) < 4.78 is 12.8. The first kappa shape index (κ1) is 14.5. The number of halogens is 1. The van der Waals surface area contributed by atoms with Crippen molar-refractivity contribution >= 4 is 5.69 Å². The summed E-state index contributed by atoms with van der Waals surface area (Å²) in [5.41, 5.74) is 8.16. The van der Waals surface area contributed by atoms with E-state index in [1.165, 1.54) is 12.1 Å². The molecule has 0 aliphatic rings. The molecule has 0 amide bonds. The van der Waals surface area contributed by atoms with Crippen LogP contribution < -0.4 is 5.73 Å². The molecule has 0 saturated carbocycles. The number of nitrogens with zero attached hydrogens (tertiary/aromatic N) is 1. The largest absolute Gasteiger partial charge is 0.399 e. The van der Waals surface area contributed by atoms with Crippen molar-refractivity contribution in [2.24, 2.45) is 0 Å². The van der Waals surface area contributed by atoms with Gasteiger partial charge in [0.05, 0.1) is 6.10 Å². The minimum Gasteiger partial charge on any atom is -0.399 e. The van der Waals surface area contributed by atoms with Gasteiger partial charge in [0.2, 0.25) is 0 Å². The van der Waals surface area contributed by atoms with Gasteiger partial charge in [-0.1, -0.05) is 24.3 Å². The molecule has 0 radical (unpaired) electrons. The third kappa shape index (κ3) is 4.05. The lowest BCUT2D eigenvalue weighted by Crippen LogP contribution is -2.24. The highest BCUT2D eigenvalue weighted by molar-refractivity contribution is 5.41. The molecule has 0 aliphatic heterocycles. The average Bonchev–Trinajstić information content (AvgIpc) is 2.41. The minimum absolute atomic E-state index is 0.240. The molecule has 2 rings (SSSR count). The fraction of sp³-hybridized carbons (Fsp3) is 0.250. The van der Waals surface area contributed by atoms with Crippen molar-refractivity contribution in [1.29, 1.82) is 0 Å². The Bertz CT molecular complexity index is 557. The molecule has 1 unspecified atom stereocenters. The third-order valence-electron chi connectivity index (χ3n) is 3.15. The normalized spacial score (nSPS) is 12.6. The molecule has 0 bridgehead atoms. The second-order valence-electron chi connectivity index (χ2n) is 5.01. The van der Waals surface area contributed by atoms with E-state index in [0.717, 1.165) is 11.1 Å². The summed E-state index contributed by atoms with van der Waals surface area (Å²) in [5, 5.41) is 10.2. The van der Waals surface area contributed by atoms with E-state index in [2.05, 4.69) is 0 Å². The zero-order valence-corrected chi connectivity index (χ0v) is 11.5. The van der Waals surface area contributed by atoms with Gasteiger partial charge in [-0.2, -0.15) is 0 Å². The predicted octanol–water partition coefficient (Wildman–Crippen LogP) is 2.57. The molecule has 0 heterocycles. The minimum atomic E-state index is -0.594. The number of rotatable bonds is 5. The molecule has 20 heavy (non-hydrogen) atoms. The molecule has 0 aliphatic carbocycles. The van der Waals surface area contributed by atoms with Gasteiger partial charge in [0.15, 0.2) is 0 Å². The Morgan fingerprint density at radius 1 is 1.20 bits per heavy atom. The molecular formula is C16H19FN2O. The van der Waals surface area contributed by atoms with E-state index >= 15 is 0 Å². The number of nitrogen functional groups attached to an aromatic ring is 1. The van der Waals surface area contributed by atoms with E-state index in [1.807, 2.05) is 24.1 Å². The van der Waals surface area contributed by atoms with E-state index in [4.69, 9.17) is 5.73 Å². The summed E-state index contributed by atoms with van der Waals surface area (Å²) in [6, 6.07) is 13.6. The van der Waals surface area contributed by atoms with E-state index < -0.39 is 6.10 Å². The number of hydrogen-bond donors (Lipinski definition) is 2. The fourth-order valence-corrected chi connectivity index (χ4v) is 2.13. The summed E-state index contributed by atoms with van der Waals surface area (Å²) in [4.78, 5) is 1.99. The predicted molar refractivity (Wildman–Crippen MR) is 78.5 cm³/mol. The number of aliphatic hydroxyl groups excluding tert-OH is 1. The first-order valence-corrected chi connectivity index (χ1v) is 6.51. The molecule has 3 nitrogen and oxygen atoms in total. The van der Waals surface area contributed by atoms with Crippen molar-refractivity contribution < 1.29 is 9.50 Å².